The lowest BCUT2D eigenvalue weighted by Gasteiger charge is -2.18. The molecule has 17 heavy (non-hydrogen) atoms. The molecule has 3 nitrogen and oxygen atoms in total. The van der Waals surface area contributed by atoms with Crippen molar-refractivity contribution in [3.8, 4) is 0 Å². The van der Waals surface area contributed by atoms with E-state index in [1.54, 1.807) is 18.7 Å². The van der Waals surface area contributed by atoms with Crippen LogP contribution in [0.25, 0.3) is 0 Å². The fourth-order valence-electron chi connectivity index (χ4n) is 1.62. The summed E-state index contributed by atoms with van der Waals surface area (Å²) in [5.74, 6) is 0.0536. The summed E-state index contributed by atoms with van der Waals surface area (Å²) in [5, 5.41) is 1.12. The van der Waals surface area contributed by atoms with Gasteiger partial charge in [-0.3, -0.25) is 4.79 Å². The number of hydrogen-bond donors (Lipinski definition) is 1. The van der Waals surface area contributed by atoms with Crippen LogP contribution in [0.5, 0.6) is 0 Å². The van der Waals surface area contributed by atoms with Gasteiger partial charge in [-0.25, -0.2) is 0 Å². The van der Waals surface area contributed by atoms with Crippen molar-refractivity contribution in [1.29, 1.82) is 0 Å². The van der Waals surface area contributed by atoms with E-state index < -0.39 is 0 Å². The maximum atomic E-state index is 11.5. The largest absolute Gasteiger partial charge is 0.396 e. The third-order valence-electron chi connectivity index (χ3n) is 2.60. The molecule has 0 spiro atoms. The summed E-state index contributed by atoms with van der Waals surface area (Å²) in [5.41, 5.74) is 6.67. The second-order valence-corrected chi connectivity index (χ2v) is 5.83. The Morgan fingerprint density at radius 1 is 1.53 bits per heavy atom. The minimum Gasteiger partial charge on any atom is -0.396 e. The van der Waals surface area contributed by atoms with Crippen molar-refractivity contribution in [3.05, 3.63) is 4.88 Å². The number of unbranched alkanes of at least 4 members (excludes halogenated alkanes) is 1. The molecule has 0 aromatic carbocycles. The maximum absolute atomic E-state index is 11.5. The minimum atomic E-state index is 0.0536. The van der Waals surface area contributed by atoms with Crippen LogP contribution in [0.2, 0.25) is 0 Å². The van der Waals surface area contributed by atoms with E-state index >= 15 is 0 Å². The summed E-state index contributed by atoms with van der Waals surface area (Å²) in [4.78, 5) is 15.4. The average Bonchev–Trinajstić information content (AvgIpc) is 2.63. The summed E-state index contributed by atoms with van der Waals surface area (Å²) in [7, 11) is 2.06. The Bertz CT molecular complexity index is 401. The smallest absolute Gasteiger partial charge is 0.171 e. The van der Waals surface area contributed by atoms with E-state index in [4.69, 9.17) is 5.73 Å². The van der Waals surface area contributed by atoms with E-state index in [1.165, 1.54) is 17.8 Å². The fraction of sp³-hybridized carbons (Fsp3) is 0.583. The number of rotatable bonds is 6. The molecule has 1 heterocycles. The number of thioether (sulfide) groups is 1. The second kappa shape index (κ2) is 6.31. The van der Waals surface area contributed by atoms with E-state index in [9.17, 15) is 4.79 Å². The van der Waals surface area contributed by atoms with Gasteiger partial charge in [0.1, 0.15) is 5.00 Å². The van der Waals surface area contributed by atoms with Crippen molar-refractivity contribution >= 4 is 39.6 Å². The lowest BCUT2D eigenvalue weighted by atomic mass is 10.3. The topological polar surface area (TPSA) is 46.3 Å². The normalized spacial score (nSPS) is 10.6. The Morgan fingerprint density at radius 2 is 2.18 bits per heavy atom. The first-order valence-corrected chi connectivity index (χ1v) is 7.75. The lowest BCUT2D eigenvalue weighted by molar-refractivity contribution is 0.102. The Kier molecular flexibility index (Phi) is 5.33. The summed E-state index contributed by atoms with van der Waals surface area (Å²) in [6, 6.07) is 0. The fourth-order valence-corrected chi connectivity index (χ4v) is 3.71. The molecule has 0 radical (unpaired) electrons. The van der Waals surface area contributed by atoms with E-state index in [2.05, 4.69) is 18.9 Å². The van der Waals surface area contributed by atoms with Gasteiger partial charge in [0.2, 0.25) is 0 Å². The Balaban J connectivity index is 3.06. The van der Waals surface area contributed by atoms with Crippen molar-refractivity contribution in [2.24, 2.45) is 0 Å². The summed E-state index contributed by atoms with van der Waals surface area (Å²) in [6.45, 7) is 4.75. The van der Waals surface area contributed by atoms with Gasteiger partial charge in [0.15, 0.2) is 5.78 Å². The predicted molar refractivity (Wildman–Crippen MR) is 78.7 cm³/mol. The number of thiophene rings is 1. The molecule has 1 aromatic rings. The number of carbonyl (C=O) groups is 1. The van der Waals surface area contributed by atoms with Crippen molar-refractivity contribution in [3.63, 3.8) is 0 Å². The Hall–Kier alpha value is -0.680. The van der Waals surface area contributed by atoms with Crippen LogP contribution in [-0.4, -0.2) is 25.6 Å². The summed E-state index contributed by atoms with van der Waals surface area (Å²) in [6.07, 6.45) is 4.32. The third kappa shape index (κ3) is 3.16. The Labute approximate surface area is 111 Å². The molecule has 0 fully saturated rings. The zero-order valence-corrected chi connectivity index (χ0v) is 12.5. The number of nitrogens with zero attached hydrogens (tertiary/aromatic N) is 1. The number of nitrogen functional groups attached to an aromatic ring is 1. The number of carbonyl (C=O) groups excluding carboxylic acids is 1. The summed E-state index contributed by atoms with van der Waals surface area (Å²) >= 11 is 3.12. The molecule has 0 aliphatic carbocycles. The molecular formula is C12H20N2OS2. The van der Waals surface area contributed by atoms with Crippen molar-refractivity contribution in [2.75, 3.05) is 30.5 Å². The third-order valence-corrected chi connectivity index (χ3v) is 4.97. The summed E-state index contributed by atoms with van der Waals surface area (Å²) < 4.78 is 0. The number of anilines is 2. The molecular weight excluding hydrogens is 252 g/mol. The quantitative estimate of drug-likeness (QED) is 0.636. The van der Waals surface area contributed by atoms with Crippen molar-refractivity contribution in [1.82, 2.24) is 0 Å². The molecule has 0 saturated carbocycles. The first-order chi connectivity index (χ1) is 8.02. The lowest BCUT2D eigenvalue weighted by Crippen LogP contribution is -2.17. The second-order valence-electron chi connectivity index (χ2n) is 4.01. The number of Topliss-reactive ketones (excluding diaryl/α,β-unsaturated/α-hetero) is 1. The van der Waals surface area contributed by atoms with Crippen LogP contribution in [0.3, 0.4) is 0 Å². The molecule has 0 bridgehead atoms. The first-order valence-electron chi connectivity index (χ1n) is 5.71. The van der Waals surface area contributed by atoms with Gasteiger partial charge in [0.05, 0.1) is 15.5 Å². The number of ketones is 1. The molecule has 0 amide bonds. The highest BCUT2D eigenvalue weighted by Crippen LogP contribution is 2.43. The van der Waals surface area contributed by atoms with Crippen LogP contribution in [0.15, 0.2) is 4.90 Å². The molecule has 2 N–H and O–H groups in total. The number of hydrogen-bond acceptors (Lipinski definition) is 5. The molecule has 0 atom stereocenters. The van der Waals surface area contributed by atoms with Gasteiger partial charge in [-0.1, -0.05) is 13.3 Å². The van der Waals surface area contributed by atoms with Gasteiger partial charge in [-0.15, -0.1) is 23.1 Å². The highest BCUT2D eigenvalue weighted by molar-refractivity contribution is 7.99. The van der Waals surface area contributed by atoms with E-state index in [0.29, 0.717) is 10.6 Å². The van der Waals surface area contributed by atoms with Crippen LogP contribution < -0.4 is 10.6 Å². The van der Waals surface area contributed by atoms with E-state index in [-0.39, 0.29) is 5.78 Å². The van der Waals surface area contributed by atoms with Gasteiger partial charge in [0, 0.05) is 20.5 Å². The predicted octanol–water partition coefficient (Wildman–Crippen LogP) is 3.49. The van der Waals surface area contributed by atoms with Crippen LogP contribution in [0.4, 0.5) is 10.7 Å². The first kappa shape index (κ1) is 14.4. The molecule has 1 rings (SSSR count). The molecule has 0 aliphatic heterocycles. The van der Waals surface area contributed by atoms with Crippen molar-refractivity contribution in [2.45, 2.75) is 31.6 Å². The SMILES string of the molecule is CCCCN(C)c1sc(C(C)=O)c(N)c1SC. The van der Waals surface area contributed by atoms with Gasteiger partial charge in [-0.2, -0.15) is 0 Å². The van der Waals surface area contributed by atoms with Gasteiger partial charge < -0.3 is 10.6 Å². The zero-order chi connectivity index (χ0) is 13.0. The van der Waals surface area contributed by atoms with Crippen LogP contribution >= 0.6 is 23.1 Å². The molecule has 96 valence electrons. The monoisotopic (exact) mass is 272 g/mol. The highest BCUT2D eigenvalue weighted by Gasteiger charge is 2.20. The number of nitrogens with two attached hydrogens (primary N) is 1. The van der Waals surface area contributed by atoms with Crippen molar-refractivity contribution < 1.29 is 4.79 Å². The molecule has 1 aromatic heterocycles. The van der Waals surface area contributed by atoms with Crippen LogP contribution in [-0.2, 0) is 0 Å². The van der Waals surface area contributed by atoms with Gasteiger partial charge >= 0.3 is 0 Å². The van der Waals surface area contributed by atoms with Gasteiger partial charge in [-0.05, 0) is 12.7 Å². The molecule has 0 saturated heterocycles. The van der Waals surface area contributed by atoms with Crippen LogP contribution in [0, 0.1) is 0 Å². The Morgan fingerprint density at radius 3 is 2.65 bits per heavy atom. The molecule has 5 heteroatoms. The van der Waals surface area contributed by atoms with E-state index in [1.807, 2.05) is 6.26 Å². The average molecular weight is 272 g/mol. The minimum absolute atomic E-state index is 0.0536. The zero-order valence-electron chi connectivity index (χ0n) is 10.9. The van der Waals surface area contributed by atoms with Crippen LogP contribution in [0.1, 0.15) is 36.4 Å². The molecule has 0 aliphatic rings. The van der Waals surface area contributed by atoms with E-state index in [0.717, 1.165) is 22.9 Å². The standard InChI is InChI=1S/C12H20N2OS2/c1-5-6-7-14(3)12-11(16-4)9(13)10(17-12)8(2)15/h5-7,13H2,1-4H3. The maximum Gasteiger partial charge on any atom is 0.171 e. The van der Waals surface area contributed by atoms with Gasteiger partial charge in [0.25, 0.3) is 0 Å². The molecule has 0 unspecified atom stereocenters. The highest BCUT2D eigenvalue weighted by atomic mass is 32.2.